The fraction of sp³-hybridized carbons (Fsp3) is 1.00. The average Bonchev–Trinajstić information content (AvgIpc) is 2.47. The van der Waals surface area contributed by atoms with E-state index in [-0.39, 0.29) is 0 Å². The van der Waals surface area contributed by atoms with E-state index in [2.05, 4.69) is 31.0 Å². The molecule has 124 valence electrons. The molecule has 2 rings (SSSR count). The lowest BCUT2D eigenvalue weighted by atomic mass is 9.77. The van der Waals surface area contributed by atoms with E-state index >= 15 is 0 Å². The Morgan fingerprint density at radius 3 is 2.29 bits per heavy atom. The van der Waals surface area contributed by atoms with Gasteiger partial charge in [0.1, 0.15) is 0 Å². The van der Waals surface area contributed by atoms with Gasteiger partial charge in [-0.3, -0.25) is 4.90 Å². The lowest BCUT2D eigenvalue weighted by Gasteiger charge is -2.54. The quantitative estimate of drug-likeness (QED) is 0.683. The first-order valence-corrected chi connectivity index (χ1v) is 9.58. The molecule has 0 unspecified atom stereocenters. The molecule has 0 atom stereocenters. The van der Waals surface area contributed by atoms with Crippen molar-refractivity contribution in [2.24, 2.45) is 0 Å². The van der Waals surface area contributed by atoms with Gasteiger partial charge in [0.15, 0.2) is 0 Å². The summed E-state index contributed by atoms with van der Waals surface area (Å²) in [5.41, 5.74) is 0.794. The van der Waals surface area contributed by atoms with Gasteiger partial charge in [0, 0.05) is 24.2 Å². The van der Waals surface area contributed by atoms with E-state index in [1.807, 2.05) is 0 Å². The molecular formula is C19H38N2. The van der Waals surface area contributed by atoms with Gasteiger partial charge in [-0.25, -0.2) is 0 Å². The van der Waals surface area contributed by atoms with Crippen molar-refractivity contribution in [2.75, 3.05) is 19.6 Å². The smallest absolute Gasteiger partial charge is 0.0334 e. The zero-order valence-corrected chi connectivity index (χ0v) is 14.8. The second kappa shape index (κ2) is 7.97. The minimum atomic E-state index is 0.297. The van der Waals surface area contributed by atoms with E-state index in [1.165, 1.54) is 90.3 Å². The van der Waals surface area contributed by atoms with Crippen molar-refractivity contribution in [3.63, 3.8) is 0 Å². The highest BCUT2D eigenvalue weighted by Gasteiger charge is 2.43. The van der Waals surface area contributed by atoms with Crippen molar-refractivity contribution in [3.8, 4) is 0 Å². The van der Waals surface area contributed by atoms with E-state index in [0.717, 1.165) is 0 Å². The van der Waals surface area contributed by atoms with Crippen LogP contribution in [0.2, 0.25) is 0 Å². The number of rotatable bonds is 7. The molecule has 0 aromatic rings. The molecule has 2 fully saturated rings. The molecule has 0 bridgehead atoms. The summed E-state index contributed by atoms with van der Waals surface area (Å²) < 4.78 is 0. The van der Waals surface area contributed by atoms with Gasteiger partial charge < -0.3 is 5.32 Å². The molecule has 1 heterocycles. The molecule has 2 heteroatoms. The van der Waals surface area contributed by atoms with E-state index in [9.17, 15) is 0 Å². The van der Waals surface area contributed by atoms with Crippen LogP contribution in [-0.4, -0.2) is 35.6 Å². The Balaban J connectivity index is 1.82. The van der Waals surface area contributed by atoms with Crippen LogP contribution in [0.15, 0.2) is 0 Å². The molecule has 1 N–H and O–H groups in total. The predicted octanol–water partition coefficient (Wildman–Crippen LogP) is 4.73. The number of unbranched alkanes of at least 4 members (excludes halogenated alkanes) is 5. The third kappa shape index (κ3) is 4.96. The van der Waals surface area contributed by atoms with Crippen LogP contribution in [0.25, 0.3) is 0 Å². The van der Waals surface area contributed by atoms with Gasteiger partial charge in [0.25, 0.3) is 0 Å². The van der Waals surface area contributed by atoms with Gasteiger partial charge in [0.2, 0.25) is 0 Å². The average molecular weight is 295 g/mol. The molecule has 1 saturated heterocycles. The molecule has 1 spiro atoms. The zero-order chi connectivity index (χ0) is 15.2. The van der Waals surface area contributed by atoms with Gasteiger partial charge in [-0.2, -0.15) is 0 Å². The molecule has 2 nitrogen and oxygen atoms in total. The molecule has 21 heavy (non-hydrogen) atoms. The first-order chi connectivity index (χ1) is 10.1. The van der Waals surface area contributed by atoms with Crippen LogP contribution in [0.3, 0.4) is 0 Å². The maximum Gasteiger partial charge on any atom is 0.0334 e. The Bertz CT molecular complexity index is 292. The molecule has 1 aliphatic carbocycles. The first kappa shape index (κ1) is 17.3. The van der Waals surface area contributed by atoms with Crippen molar-refractivity contribution in [2.45, 2.75) is 102 Å². The molecule has 0 aromatic carbocycles. The van der Waals surface area contributed by atoms with Gasteiger partial charge in [-0.1, -0.05) is 58.3 Å². The highest BCUT2D eigenvalue weighted by molar-refractivity contribution is 5.03. The van der Waals surface area contributed by atoms with Crippen molar-refractivity contribution >= 4 is 0 Å². The highest BCUT2D eigenvalue weighted by atomic mass is 15.3. The number of nitrogens with zero attached hydrogens (tertiary/aromatic N) is 1. The van der Waals surface area contributed by atoms with Crippen LogP contribution >= 0.6 is 0 Å². The number of piperazine rings is 1. The Kier molecular flexibility index (Phi) is 6.55. The maximum atomic E-state index is 3.83. The highest BCUT2D eigenvalue weighted by Crippen LogP contribution is 2.37. The molecule has 0 aromatic heterocycles. The molecular weight excluding hydrogens is 256 g/mol. The Hall–Kier alpha value is -0.0800. The fourth-order valence-electron chi connectivity index (χ4n) is 4.32. The largest absolute Gasteiger partial charge is 0.309 e. The number of hydrogen-bond donors (Lipinski definition) is 1. The Morgan fingerprint density at radius 1 is 0.905 bits per heavy atom. The number of hydrogen-bond acceptors (Lipinski definition) is 2. The fourth-order valence-corrected chi connectivity index (χ4v) is 4.32. The summed E-state index contributed by atoms with van der Waals surface area (Å²) in [7, 11) is 0. The van der Waals surface area contributed by atoms with E-state index in [4.69, 9.17) is 0 Å². The van der Waals surface area contributed by atoms with Crippen molar-refractivity contribution in [3.05, 3.63) is 0 Å². The third-order valence-corrected chi connectivity index (χ3v) is 5.72. The van der Waals surface area contributed by atoms with Gasteiger partial charge >= 0.3 is 0 Å². The lowest BCUT2D eigenvalue weighted by molar-refractivity contribution is -0.0109. The second-order valence-electron chi connectivity index (χ2n) is 8.21. The normalized spacial score (nSPS) is 25.3. The van der Waals surface area contributed by atoms with Gasteiger partial charge in [0.05, 0.1) is 0 Å². The van der Waals surface area contributed by atoms with Crippen LogP contribution in [0, 0.1) is 0 Å². The minimum absolute atomic E-state index is 0.297. The summed E-state index contributed by atoms with van der Waals surface area (Å²) in [5, 5.41) is 3.83. The van der Waals surface area contributed by atoms with Crippen LogP contribution in [0.5, 0.6) is 0 Å². The molecule has 1 aliphatic heterocycles. The Morgan fingerprint density at radius 2 is 1.57 bits per heavy atom. The van der Waals surface area contributed by atoms with Crippen LogP contribution < -0.4 is 5.32 Å². The van der Waals surface area contributed by atoms with Crippen molar-refractivity contribution < 1.29 is 0 Å². The van der Waals surface area contributed by atoms with Crippen LogP contribution in [0.1, 0.15) is 91.4 Å². The third-order valence-electron chi connectivity index (χ3n) is 5.72. The molecule has 1 saturated carbocycles. The number of nitrogens with one attached hydrogen (secondary N) is 1. The zero-order valence-electron chi connectivity index (χ0n) is 14.8. The summed E-state index contributed by atoms with van der Waals surface area (Å²) in [5.74, 6) is 0. The minimum Gasteiger partial charge on any atom is -0.309 e. The van der Waals surface area contributed by atoms with Crippen molar-refractivity contribution in [1.29, 1.82) is 0 Å². The monoisotopic (exact) mass is 294 g/mol. The topological polar surface area (TPSA) is 15.3 Å². The maximum absolute atomic E-state index is 3.83. The lowest BCUT2D eigenvalue weighted by Crippen LogP contribution is -2.68. The van der Waals surface area contributed by atoms with E-state index in [1.54, 1.807) is 0 Å². The molecule has 0 radical (unpaired) electrons. The molecule has 2 aliphatic rings. The van der Waals surface area contributed by atoms with Gasteiger partial charge in [-0.05, 0) is 39.7 Å². The summed E-state index contributed by atoms with van der Waals surface area (Å²) in [4.78, 5) is 2.88. The van der Waals surface area contributed by atoms with E-state index in [0.29, 0.717) is 11.1 Å². The Labute approximate surface area is 133 Å². The SMILES string of the molecule is CCCCCCCCN1CC(C)(C)NCC12CCCCC2. The van der Waals surface area contributed by atoms with E-state index < -0.39 is 0 Å². The van der Waals surface area contributed by atoms with Crippen molar-refractivity contribution in [1.82, 2.24) is 10.2 Å². The summed E-state index contributed by atoms with van der Waals surface area (Å²) >= 11 is 0. The standard InChI is InChI=1S/C19H38N2/c1-4-5-6-7-8-12-15-21-17-18(2,3)20-16-19(21)13-10-9-11-14-19/h20H,4-17H2,1-3H3. The second-order valence-corrected chi connectivity index (χ2v) is 8.21. The molecule has 0 amide bonds. The summed E-state index contributed by atoms with van der Waals surface area (Å²) in [6.45, 7) is 10.8. The summed E-state index contributed by atoms with van der Waals surface area (Å²) in [6, 6.07) is 0. The summed E-state index contributed by atoms with van der Waals surface area (Å²) in [6.07, 6.45) is 15.7. The predicted molar refractivity (Wildman–Crippen MR) is 92.8 cm³/mol. The van der Waals surface area contributed by atoms with Crippen LogP contribution in [-0.2, 0) is 0 Å². The van der Waals surface area contributed by atoms with Gasteiger partial charge in [-0.15, -0.1) is 0 Å². The first-order valence-electron chi connectivity index (χ1n) is 9.58. The van der Waals surface area contributed by atoms with Crippen LogP contribution in [0.4, 0.5) is 0 Å².